The second kappa shape index (κ2) is 7.60. The Labute approximate surface area is 143 Å². The molecule has 2 unspecified atom stereocenters. The second-order valence-corrected chi connectivity index (χ2v) is 6.57. The first-order valence-electron chi connectivity index (χ1n) is 8.53. The lowest BCUT2D eigenvalue weighted by Gasteiger charge is -2.20. The van der Waals surface area contributed by atoms with E-state index < -0.39 is 0 Å². The number of nitrogens with two attached hydrogens (primary N) is 1. The Bertz CT molecular complexity index is 669. The fraction of sp³-hybridized carbons (Fsp3) is 0.350. The number of hydrogen-bond donors (Lipinski definition) is 2. The smallest absolute Gasteiger partial charge is 0.251 e. The highest BCUT2D eigenvalue weighted by Crippen LogP contribution is 2.20. The van der Waals surface area contributed by atoms with Gasteiger partial charge in [-0.05, 0) is 36.6 Å². The van der Waals surface area contributed by atoms with Crippen LogP contribution in [-0.2, 0) is 13.1 Å². The third-order valence-electron chi connectivity index (χ3n) is 4.72. The van der Waals surface area contributed by atoms with Gasteiger partial charge in [0, 0.05) is 37.3 Å². The lowest BCUT2D eigenvalue weighted by Crippen LogP contribution is -2.37. The Morgan fingerprint density at radius 1 is 1.12 bits per heavy atom. The number of benzene rings is 2. The maximum Gasteiger partial charge on any atom is 0.251 e. The van der Waals surface area contributed by atoms with E-state index in [1.807, 2.05) is 30.3 Å². The van der Waals surface area contributed by atoms with Crippen LogP contribution in [0.1, 0.15) is 34.8 Å². The van der Waals surface area contributed by atoms with E-state index in [9.17, 15) is 4.79 Å². The van der Waals surface area contributed by atoms with Crippen LogP contribution in [0.2, 0.25) is 0 Å². The molecule has 0 aliphatic carbocycles. The topological polar surface area (TPSA) is 58.4 Å². The zero-order valence-electron chi connectivity index (χ0n) is 14.1. The first-order valence-corrected chi connectivity index (χ1v) is 8.53. The maximum atomic E-state index is 12.4. The molecule has 1 saturated heterocycles. The van der Waals surface area contributed by atoms with Crippen LogP contribution in [-0.4, -0.2) is 29.4 Å². The molecule has 2 aromatic rings. The van der Waals surface area contributed by atoms with Crippen molar-refractivity contribution in [3.63, 3.8) is 0 Å². The number of rotatable bonds is 5. The number of nitrogens with one attached hydrogen (secondary N) is 1. The van der Waals surface area contributed by atoms with Crippen LogP contribution in [0.5, 0.6) is 0 Å². The van der Waals surface area contributed by atoms with Gasteiger partial charge in [-0.2, -0.15) is 0 Å². The molecule has 4 nitrogen and oxygen atoms in total. The van der Waals surface area contributed by atoms with Gasteiger partial charge in [0.15, 0.2) is 0 Å². The van der Waals surface area contributed by atoms with Crippen molar-refractivity contribution in [3.8, 4) is 0 Å². The number of amides is 1. The largest absolute Gasteiger partial charge is 0.348 e. The maximum absolute atomic E-state index is 12.4. The van der Waals surface area contributed by atoms with E-state index in [0.29, 0.717) is 18.2 Å². The van der Waals surface area contributed by atoms with Gasteiger partial charge in [0.2, 0.25) is 0 Å². The predicted octanol–water partition coefficient (Wildman–Crippen LogP) is 2.54. The lowest BCUT2D eigenvalue weighted by atomic mass is 10.1. The summed E-state index contributed by atoms with van der Waals surface area (Å²) >= 11 is 0. The second-order valence-electron chi connectivity index (χ2n) is 6.57. The monoisotopic (exact) mass is 323 g/mol. The van der Waals surface area contributed by atoms with Gasteiger partial charge < -0.3 is 11.1 Å². The van der Waals surface area contributed by atoms with Gasteiger partial charge in [-0.3, -0.25) is 9.69 Å². The van der Waals surface area contributed by atoms with Crippen LogP contribution in [0.3, 0.4) is 0 Å². The molecule has 1 heterocycles. The number of carbonyl (C=O) groups excluding carboxylic acids is 1. The van der Waals surface area contributed by atoms with Gasteiger partial charge in [0.25, 0.3) is 5.91 Å². The molecule has 3 N–H and O–H groups in total. The molecule has 4 heteroatoms. The fourth-order valence-corrected chi connectivity index (χ4v) is 3.30. The number of carbonyl (C=O) groups is 1. The summed E-state index contributed by atoms with van der Waals surface area (Å²) in [6, 6.07) is 18.7. The number of nitrogens with zero attached hydrogens (tertiary/aromatic N) is 1. The van der Waals surface area contributed by atoms with Crippen LogP contribution in [0.25, 0.3) is 0 Å². The van der Waals surface area contributed by atoms with Crippen molar-refractivity contribution in [2.75, 3.05) is 6.54 Å². The Morgan fingerprint density at radius 3 is 2.50 bits per heavy atom. The standard InChI is InChI=1S/C20H25N3O/c1-15-11-19(14-23(15)13-17-5-3-2-4-6-17)22-20(24)18-9-7-16(12-21)8-10-18/h2-10,15,19H,11-14,21H2,1H3,(H,22,24). The summed E-state index contributed by atoms with van der Waals surface area (Å²) in [6.07, 6.45) is 0.986. The van der Waals surface area contributed by atoms with Gasteiger partial charge in [0.1, 0.15) is 0 Å². The zero-order chi connectivity index (χ0) is 16.9. The molecular weight excluding hydrogens is 298 g/mol. The van der Waals surface area contributed by atoms with Crippen molar-refractivity contribution in [2.45, 2.75) is 38.5 Å². The Hall–Kier alpha value is -2.17. The Balaban J connectivity index is 1.57. The minimum Gasteiger partial charge on any atom is -0.348 e. The summed E-state index contributed by atoms with van der Waals surface area (Å²) in [5.41, 5.74) is 8.64. The molecule has 0 radical (unpaired) electrons. The fourth-order valence-electron chi connectivity index (χ4n) is 3.30. The van der Waals surface area contributed by atoms with Crippen molar-refractivity contribution in [1.29, 1.82) is 0 Å². The van der Waals surface area contributed by atoms with Gasteiger partial charge in [-0.1, -0.05) is 42.5 Å². The average Bonchev–Trinajstić information content (AvgIpc) is 2.95. The highest BCUT2D eigenvalue weighted by Gasteiger charge is 2.30. The molecule has 0 spiro atoms. The predicted molar refractivity (Wildman–Crippen MR) is 96.5 cm³/mol. The lowest BCUT2D eigenvalue weighted by molar-refractivity contribution is 0.0937. The van der Waals surface area contributed by atoms with Crippen molar-refractivity contribution in [3.05, 3.63) is 71.3 Å². The van der Waals surface area contributed by atoms with E-state index in [2.05, 4.69) is 41.4 Å². The van der Waals surface area contributed by atoms with E-state index in [-0.39, 0.29) is 11.9 Å². The third-order valence-corrected chi connectivity index (χ3v) is 4.72. The van der Waals surface area contributed by atoms with E-state index >= 15 is 0 Å². The first-order chi connectivity index (χ1) is 11.7. The van der Waals surface area contributed by atoms with Crippen LogP contribution in [0.4, 0.5) is 0 Å². The molecule has 1 amide bonds. The number of likely N-dealkylation sites (tertiary alicyclic amines) is 1. The third kappa shape index (κ3) is 4.02. The molecule has 1 fully saturated rings. The van der Waals surface area contributed by atoms with E-state index in [1.165, 1.54) is 5.56 Å². The molecule has 126 valence electrons. The molecule has 2 aromatic carbocycles. The number of hydrogen-bond acceptors (Lipinski definition) is 3. The van der Waals surface area contributed by atoms with Gasteiger partial charge in [-0.15, -0.1) is 0 Å². The molecule has 2 atom stereocenters. The average molecular weight is 323 g/mol. The van der Waals surface area contributed by atoms with Gasteiger partial charge >= 0.3 is 0 Å². The molecule has 3 rings (SSSR count). The minimum atomic E-state index is -0.00247. The Morgan fingerprint density at radius 2 is 1.83 bits per heavy atom. The van der Waals surface area contributed by atoms with E-state index in [1.54, 1.807) is 0 Å². The summed E-state index contributed by atoms with van der Waals surface area (Å²) in [6.45, 7) is 4.55. The summed E-state index contributed by atoms with van der Waals surface area (Å²) in [5.74, 6) is -0.00247. The molecule has 1 aliphatic rings. The van der Waals surface area contributed by atoms with Crippen LogP contribution in [0.15, 0.2) is 54.6 Å². The summed E-state index contributed by atoms with van der Waals surface area (Å²) in [7, 11) is 0. The first kappa shape index (κ1) is 16.7. The highest BCUT2D eigenvalue weighted by molar-refractivity contribution is 5.94. The Kier molecular flexibility index (Phi) is 5.28. The normalized spacial score (nSPS) is 20.9. The summed E-state index contributed by atoms with van der Waals surface area (Å²) in [4.78, 5) is 14.8. The molecule has 0 bridgehead atoms. The van der Waals surface area contributed by atoms with E-state index in [4.69, 9.17) is 5.73 Å². The van der Waals surface area contributed by atoms with Crippen molar-refractivity contribution >= 4 is 5.91 Å². The van der Waals surface area contributed by atoms with Crippen LogP contribution < -0.4 is 11.1 Å². The van der Waals surface area contributed by atoms with E-state index in [0.717, 1.165) is 25.1 Å². The minimum absolute atomic E-state index is 0.00247. The van der Waals surface area contributed by atoms with Crippen LogP contribution in [0, 0.1) is 0 Å². The quantitative estimate of drug-likeness (QED) is 0.889. The molecule has 0 aromatic heterocycles. The summed E-state index contributed by atoms with van der Waals surface area (Å²) < 4.78 is 0. The molecule has 1 aliphatic heterocycles. The summed E-state index contributed by atoms with van der Waals surface area (Å²) in [5, 5.41) is 3.17. The van der Waals surface area contributed by atoms with Crippen molar-refractivity contribution < 1.29 is 4.79 Å². The molecule has 24 heavy (non-hydrogen) atoms. The van der Waals surface area contributed by atoms with Gasteiger partial charge in [-0.25, -0.2) is 0 Å². The zero-order valence-corrected chi connectivity index (χ0v) is 14.1. The highest BCUT2D eigenvalue weighted by atomic mass is 16.1. The SMILES string of the molecule is CC1CC(NC(=O)c2ccc(CN)cc2)CN1Cc1ccccc1. The van der Waals surface area contributed by atoms with Crippen molar-refractivity contribution in [1.82, 2.24) is 10.2 Å². The van der Waals surface area contributed by atoms with Crippen LogP contribution >= 0.6 is 0 Å². The van der Waals surface area contributed by atoms with Crippen molar-refractivity contribution in [2.24, 2.45) is 5.73 Å². The molecular formula is C20H25N3O. The van der Waals surface area contributed by atoms with Gasteiger partial charge in [0.05, 0.1) is 0 Å². The molecule has 0 saturated carbocycles.